The van der Waals surface area contributed by atoms with Gasteiger partial charge in [-0.05, 0) is 13.8 Å². The summed E-state index contributed by atoms with van der Waals surface area (Å²) in [4.78, 5) is 21.5. The van der Waals surface area contributed by atoms with Crippen molar-refractivity contribution in [3.8, 4) is 0 Å². The van der Waals surface area contributed by atoms with Gasteiger partial charge in [-0.2, -0.15) is 0 Å². The molecular formula is C7H14N2O3. The second kappa shape index (κ2) is 6.60. The van der Waals surface area contributed by atoms with Crippen LogP contribution in [0.2, 0.25) is 0 Å². The Bertz CT molecular complexity index is 159. The van der Waals surface area contributed by atoms with Crippen LogP contribution >= 0.6 is 0 Å². The lowest BCUT2D eigenvalue weighted by atomic mass is 10.6. The second-order valence-electron chi connectivity index (χ2n) is 2.04. The van der Waals surface area contributed by atoms with Crippen LogP contribution < -0.4 is 10.6 Å². The zero-order valence-corrected chi connectivity index (χ0v) is 7.35. The quantitative estimate of drug-likeness (QED) is 0.623. The Balaban J connectivity index is 3.47. The predicted octanol–water partition coefficient (Wildman–Crippen LogP) is -0.131. The van der Waals surface area contributed by atoms with E-state index in [2.05, 4.69) is 10.6 Å². The highest BCUT2D eigenvalue weighted by Crippen LogP contribution is 1.73. The number of amides is 3. The maximum atomic E-state index is 10.8. The molecule has 0 aliphatic carbocycles. The first-order valence-electron chi connectivity index (χ1n) is 3.86. The molecule has 0 aliphatic rings. The molecule has 0 heterocycles. The molecule has 12 heavy (non-hydrogen) atoms. The highest BCUT2D eigenvalue weighted by Gasteiger charge is 2.04. The summed E-state index contributed by atoms with van der Waals surface area (Å²) in [5.41, 5.74) is 0. The van der Waals surface area contributed by atoms with Crippen LogP contribution in [0.4, 0.5) is 4.79 Å². The average molecular weight is 174 g/mol. The fraction of sp³-hybridized carbons (Fsp3) is 0.714. The van der Waals surface area contributed by atoms with Crippen LogP contribution in [-0.4, -0.2) is 31.7 Å². The van der Waals surface area contributed by atoms with Gasteiger partial charge in [0.25, 0.3) is 5.91 Å². The number of ether oxygens (including phenoxy) is 1. The van der Waals surface area contributed by atoms with Crippen LogP contribution in [0.5, 0.6) is 0 Å². The number of hydrogen-bond acceptors (Lipinski definition) is 3. The highest BCUT2D eigenvalue weighted by atomic mass is 16.5. The first-order valence-corrected chi connectivity index (χ1v) is 3.86. The van der Waals surface area contributed by atoms with E-state index in [9.17, 15) is 9.59 Å². The monoisotopic (exact) mass is 174 g/mol. The molecule has 0 radical (unpaired) electrons. The summed E-state index contributed by atoms with van der Waals surface area (Å²) in [6, 6.07) is -0.484. The lowest BCUT2D eigenvalue weighted by molar-refractivity contribution is -0.124. The number of carbonyl (C=O) groups is 2. The SMILES string of the molecule is CCNC(=O)NC(=O)COCC. The van der Waals surface area contributed by atoms with Gasteiger partial charge in [-0.15, -0.1) is 0 Å². The Morgan fingerprint density at radius 2 is 2.00 bits per heavy atom. The summed E-state index contributed by atoms with van der Waals surface area (Å²) in [5.74, 6) is -0.428. The lowest BCUT2D eigenvalue weighted by Gasteiger charge is -2.03. The van der Waals surface area contributed by atoms with E-state index in [0.717, 1.165) is 0 Å². The predicted molar refractivity (Wildman–Crippen MR) is 43.7 cm³/mol. The third-order valence-electron chi connectivity index (χ3n) is 1.03. The molecule has 3 amide bonds. The van der Waals surface area contributed by atoms with Crippen molar-refractivity contribution < 1.29 is 14.3 Å². The van der Waals surface area contributed by atoms with Gasteiger partial charge in [0.1, 0.15) is 6.61 Å². The standard InChI is InChI=1S/C7H14N2O3/c1-3-8-7(11)9-6(10)5-12-4-2/h3-5H2,1-2H3,(H2,8,9,10,11). The van der Waals surface area contributed by atoms with Crippen LogP contribution in [0.3, 0.4) is 0 Å². The summed E-state index contributed by atoms with van der Waals surface area (Å²) in [6.07, 6.45) is 0. The summed E-state index contributed by atoms with van der Waals surface area (Å²) < 4.78 is 4.78. The number of imide groups is 1. The molecule has 0 aromatic rings. The number of hydrogen-bond donors (Lipinski definition) is 2. The number of rotatable bonds is 4. The van der Waals surface area contributed by atoms with Crippen LogP contribution in [0.15, 0.2) is 0 Å². The Labute approximate surface area is 71.5 Å². The summed E-state index contributed by atoms with van der Waals surface area (Å²) >= 11 is 0. The zero-order chi connectivity index (χ0) is 9.40. The minimum atomic E-state index is -0.484. The molecule has 0 aromatic carbocycles. The van der Waals surface area contributed by atoms with Crippen LogP contribution in [0.25, 0.3) is 0 Å². The van der Waals surface area contributed by atoms with Gasteiger partial charge in [-0.25, -0.2) is 4.79 Å². The van der Waals surface area contributed by atoms with Crippen molar-refractivity contribution in [1.29, 1.82) is 0 Å². The lowest BCUT2D eigenvalue weighted by Crippen LogP contribution is -2.40. The molecule has 0 rings (SSSR count). The van der Waals surface area contributed by atoms with E-state index in [0.29, 0.717) is 13.2 Å². The van der Waals surface area contributed by atoms with E-state index in [1.165, 1.54) is 0 Å². The van der Waals surface area contributed by atoms with Gasteiger partial charge in [0.15, 0.2) is 0 Å². The van der Waals surface area contributed by atoms with Gasteiger partial charge in [-0.1, -0.05) is 0 Å². The first kappa shape index (κ1) is 10.9. The van der Waals surface area contributed by atoms with E-state index in [1.807, 2.05) is 0 Å². The molecule has 0 atom stereocenters. The van der Waals surface area contributed by atoms with Gasteiger partial charge < -0.3 is 10.1 Å². The van der Waals surface area contributed by atoms with Crippen LogP contribution in [0.1, 0.15) is 13.8 Å². The molecule has 0 fully saturated rings. The minimum Gasteiger partial charge on any atom is -0.372 e. The molecule has 70 valence electrons. The van der Waals surface area contributed by atoms with Crippen molar-refractivity contribution in [3.63, 3.8) is 0 Å². The fourth-order valence-corrected chi connectivity index (χ4v) is 0.562. The van der Waals surface area contributed by atoms with E-state index in [1.54, 1.807) is 13.8 Å². The third-order valence-corrected chi connectivity index (χ3v) is 1.03. The van der Waals surface area contributed by atoms with Crippen molar-refractivity contribution >= 4 is 11.9 Å². The minimum absolute atomic E-state index is 0.0758. The van der Waals surface area contributed by atoms with E-state index < -0.39 is 11.9 Å². The summed E-state index contributed by atoms with van der Waals surface area (Å²) in [5, 5.41) is 4.53. The topological polar surface area (TPSA) is 67.4 Å². The molecule has 0 bridgehead atoms. The first-order chi connectivity index (χ1) is 5.70. The molecule has 5 heteroatoms. The summed E-state index contributed by atoms with van der Waals surface area (Å²) in [7, 11) is 0. The smallest absolute Gasteiger partial charge is 0.321 e. The van der Waals surface area contributed by atoms with Gasteiger partial charge in [-0.3, -0.25) is 10.1 Å². The van der Waals surface area contributed by atoms with Crippen LogP contribution in [-0.2, 0) is 9.53 Å². The average Bonchev–Trinajstić information content (AvgIpc) is 2.01. The Hall–Kier alpha value is -1.10. The Morgan fingerprint density at radius 1 is 1.33 bits per heavy atom. The molecule has 0 spiro atoms. The van der Waals surface area contributed by atoms with Crippen LogP contribution in [0, 0.1) is 0 Å². The normalized spacial score (nSPS) is 9.17. The van der Waals surface area contributed by atoms with E-state index in [-0.39, 0.29) is 6.61 Å². The highest BCUT2D eigenvalue weighted by molar-refractivity contribution is 5.94. The van der Waals surface area contributed by atoms with Gasteiger partial charge >= 0.3 is 6.03 Å². The molecule has 5 nitrogen and oxygen atoms in total. The van der Waals surface area contributed by atoms with Crippen molar-refractivity contribution in [1.82, 2.24) is 10.6 Å². The fourth-order valence-electron chi connectivity index (χ4n) is 0.562. The molecular weight excluding hydrogens is 160 g/mol. The molecule has 2 N–H and O–H groups in total. The van der Waals surface area contributed by atoms with Crippen molar-refractivity contribution in [2.45, 2.75) is 13.8 Å². The van der Waals surface area contributed by atoms with Crippen molar-refractivity contribution in [3.05, 3.63) is 0 Å². The molecule has 0 saturated carbocycles. The number of carbonyl (C=O) groups excluding carboxylic acids is 2. The van der Waals surface area contributed by atoms with Gasteiger partial charge in [0.05, 0.1) is 0 Å². The van der Waals surface area contributed by atoms with Crippen molar-refractivity contribution in [2.75, 3.05) is 19.8 Å². The Morgan fingerprint density at radius 3 is 2.50 bits per heavy atom. The second-order valence-corrected chi connectivity index (χ2v) is 2.04. The third kappa shape index (κ3) is 5.67. The van der Waals surface area contributed by atoms with Gasteiger partial charge in [0, 0.05) is 13.2 Å². The zero-order valence-electron chi connectivity index (χ0n) is 7.35. The molecule has 0 aromatic heterocycles. The van der Waals surface area contributed by atoms with Gasteiger partial charge in [0.2, 0.25) is 0 Å². The molecule has 0 saturated heterocycles. The van der Waals surface area contributed by atoms with E-state index >= 15 is 0 Å². The number of urea groups is 1. The van der Waals surface area contributed by atoms with Crippen molar-refractivity contribution in [2.24, 2.45) is 0 Å². The number of nitrogens with one attached hydrogen (secondary N) is 2. The Kier molecular flexibility index (Phi) is 6.00. The molecule has 0 unspecified atom stereocenters. The maximum absolute atomic E-state index is 10.8. The maximum Gasteiger partial charge on any atom is 0.321 e. The van der Waals surface area contributed by atoms with E-state index in [4.69, 9.17) is 4.74 Å². The summed E-state index contributed by atoms with van der Waals surface area (Å²) in [6.45, 7) is 4.43. The molecule has 0 aliphatic heterocycles. The largest absolute Gasteiger partial charge is 0.372 e.